The maximum Gasteiger partial charge on any atom is 0.234 e. The van der Waals surface area contributed by atoms with Crippen molar-refractivity contribution in [3.05, 3.63) is 29.8 Å². The molecule has 0 radical (unpaired) electrons. The molecule has 1 aromatic carbocycles. The van der Waals surface area contributed by atoms with E-state index in [1.165, 1.54) is 0 Å². The summed E-state index contributed by atoms with van der Waals surface area (Å²) >= 11 is 0. The van der Waals surface area contributed by atoms with Crippen LogP contribution >= 0.6 is 0 Å². The van der Waals surface area contributed by atoms with Gasteiger partial charge in [0.05, 0.1) is 12.7 Å². The summed E-state index contributed by atoms with van der Waals surface area (Å²) in [6.07, 6.45) is 0.577. The van der Waals surface area contributed by atoms with Crippen molar-refractivity contribution in [2.75, 3.05) is 6.61 Å². The summed E-state index contributed by atoms with van der Waals surface area (Å²) in [5.74, 6) is 0.590. The molecule has 19 heavy (non-hydrogen) atoms. The molecule has 4 heteroatoms. The quantitative estimate of drug-likeness (QED) is 0.854. The van der Waals surface area contributed by atoms with Crippen molar-refractivity contribution in [2.45, 2.75) is 39.2 Å². The number of ether oxygens (including phenoxy) is 1. The van der Waals surface area contributed by atoms with Crippen LogP contribution in [0, 0.1) is 11.3 Å². The molecule has 0 atom stereocenters. The van der Waals surface area contributed by atoms with Crippen molar-refractivity contribution in [1.82, 2.24) is 5.32 Å². The normalized spacial score (nSPS) is 10.6. The predicted octanol–water partition coefficient (Wildman–Crippen LogP) is 2.44. The third-order valence-corrected chi connectivity index (χ3v) is 2.57. The van der Waals surface area contributed by atoms with Gasteiger partial charge in [0.1, 0.15) is 12.2 Å². The molecule has 0 heterocycles. The molecule has 0 aliphatic rings. The van der Waals surface area contributed by atoms with Gasteiger partial charge in [-0.3, -0.25) is 4.79 Å². The first-order chi connectivity index (χ1) is 8.96. The average molecular weight is 260 g/mol. The van der Waals surface area contributed by atoms with Crippen LogP contribution in [0.2, 0.25) is 0 Å². The minimum absolute atomic E-state index is 0.109. The second-order valence-corrected chi connectivity index (χ2v) is 5.02. The summed E-state index contributed by atoms with van der Waals surface area (Å²) in [7, 11) is 0. The highest BCUT2D eigenvalue weighted by molar-refractivity contribution is 5.78. The maximum absolute atomic E-state index is 11.5. The van der Waals surface area contributed by atoms with Crippen LogP contribution in [0.4, 0.5) is 0 Å². The van der Waals surface area contributed by atoms with Crippen molar-refractivity contribution >= 4 is 5.91 Å². The first-order valence-electron chi connectivity index (χ1n) is 6.36. The molecule has 1 amide bonds. The van der Waals surface area contributed by atoms with Gasteiger partial charge in [-0.05, 0) is 44.9 Å². The van der Waals surface area contributed by atoms with Crippen LogP contribution in [-0.2, 0) is 11.2 Å². The van der Waals surface area contributed by atoms with Gasteiger partial charge in [0.25, 0.3) is 0 Å². The van der Waals surface area contributed by atoms with E-state index in [1.54, 1.807) is 0 Å². The minimum atomic E-state index is -0.390. The van der Waals surface area contributed by atoms with Crippen LogP contribution in [0.5, 0.6) is 5.75 Å². The zero-order valence-electron chi connectivity index (χ0n) is 11.7. The van der Waals surface area contributed by atoms with Gasteiger partial charge in [-0.1, -0.05) is 12.1 Å². The Balaban J connectivity index is 2.69. The number of hydrogen-bond donors (Lipinski definition) is 1. The topological polar surface area (TPSA) is 62.1 Å². The van der Waals surface area contributed by atoms with Gasteiger partial charge in [0, 0.05) is 5.54 Å². The zero-order valence-corrected chi connectivity index (χ0v) is 11.7. The number of amides is 1. The fraction of sp³-hybridized carbons (Fsp3) is 0.467. The third kappa shape index (κ3) is 5.43. The number of rotatable bonds is 6. The molecule has 0 unspecified atom stereocenters. The number of nitrogens with one attached hydrogen (secondary N) is 1. The Hall–Kier alpha value is -2.02. The monoisotopic (exact) mass is 260 g/mol. The second kappa shape index (κ2) is 6.79. The largest absolute Gasteiger partial charge is 0.494 e. The molecule has 1 N–H and O–H groups in total. The van der Waals surface area contributed by atoms with Crippen LogP contribution in [0.25, 0.3) is 0 Å². The van der Waals surface area contributed by atoms with Crippen molar-refractivity contribution < 1.29 is 9.53 Å². The van der Waals surface area contributed by atoms with E-state index in [4.69, 9.17) is 10.00 Å². The van der Waals surface area contributed by atoms with Gasteiger partial charge >= 0.3 is 0 Å². The number of carbonyl (C=O) groups excluding carboxylic acids is 1. The van der Waals surface area contributed by atoms with Crippen molar-refractivity contribution in [2.24, 2.45) is 0 Å². The number of benzene rings is 1. The van der Waals surface area contributed by atoms with Crippen LogP contribution < -0.4 is 10.1 Å². The lowest BCUT2D eigenvalue weighted by molar-refractivity contribution is -0.121. The molecule has 0 aromatic heterocycles. The fourth-order valence-corrected chi connectivity index (χ4v) is 1.96. The summed E-state index contributed by atoms with van der Waals surface area (Å²) in [4.78, 5) is 11.5. The van der Waals surface area contributed by atoms with Crippen LogP contribution in [-0.4, -0.2) is 18.1 Å². The Labute approximate surface area is 114 Å². The number of nitrogens with zero attached hydrogens (tertiary/aromatic N) is 1. The van der Waals surface area contributed by atoms with Gasteiger partial charge in [-0.25, -0.2) is 0 Å². The molecule has 0 spiro atoms. The highest BCUT2D eigenvalue weighted by Gasteiger charge is 2.20. The molecular formula is C15H20N2O2. The molecule has 1 aromatic rings. The van der Waals surface area contributed by atoms with Gasteiger partial charge in [-0.15, -0.1) is 0 Å². The van der Waals surface area contributed by atoms with E-state index in [2.05, 4.69) is 5.32 Å². The minimum Gasteiger partial charge on any atom is -0.494 e. The second-order valence-electron chi connectivity index (χ2n) is 5.02. The molecule has 0 bridgehead atoms. The SMILES string of the molecule is CCOc1cccc(CC(C)(C)NC(=O)CC#N)c1. The van der Waals surface area contributed by atoms with Crippen LogP contribution in [0.1, 0.15) is 32.8 Å². The zero-order chi connectivity index (χ0) is 14.3. The lowest BCUT2D eigenvalue weighted by Crippen LogP contribution is -2.44. The first kappa shape index (κ1) is 15.0. The molecule has 0 fully saturated rings. The first-order valence-corrected chi connectivity index (χ1v) is 6.36. The molecule has 4 nitrogen and oxygen atoms in total. The highest BCUT2D eigenvalue weighted by Crippen LogP contribution is 2.18. The lowest BCUT2D eigenvalue weighted by Gasteiger charge is -2.26. The van der Waals surface area contributed by atoms with Crippen molar-refractivity contribution in [1.29, 1.82) is 5.26 Å². The van der Waals surface area contributed by atoms with E-state index in [-0.39, 0.29) is 12.3 Å². The van der Waals surface area contributed by atoms with Crippen LogP contribution in [0.15, 0.2) is 24.3 Å². The number of nitriles is 1. The Morgan fingerprint density at radius 3 is 2.84 bits per heavy atom. The molecule has 1 rings (SSSR count). The average Bonchev–Trinajstić information content (AvgIpc) is 2.28. The summed E-state index contributed by atoms with van der Waals surface area (Å²) in [6.45, 7) is 6.45. The predicted molar refractivity (Wildman–Crippen MR) is 73.8 cm³/mol. The summed E-state index contributed by atoms with van der Waals surface area (Å²) in [6, 6.07) is 9.67. The van der Waals surface area contributed by atoms with Gasteiger partial charge in [-0.2, -0.15) is 5.26 Å². The van der Waals surface area contributed by atoms with Crippen molar-refractivity contribution in [3.63, 3.8) is 0 Å². The molecule has 0 saturated heterocycles. The smallest absolute Gasteiger partial charge is 0.234 e. The Kier molecular flexibility index (Phi) is 5.37. The van der Waals surface area contributed by atoms with Gasteiger partial charge in [0.15, 0.2) is 0 Å². The molecule has 0 aliphatic heterocycles. The van der Waals surface area contributed by atoms with E-state index < -0.39 is 5.54 Å². The number of carbonyl (C=O) groups is 1. The molecular weight excluding hydrogens is 240 g/mol. The molecule has 102 valence electrons. The fourth-order valence-electron chi connectivity index (χ4n) is 1.96. The van der Waals surface area contributed by atoms with E-state index in [0.717, 1.165) is 11.3 Å². The highest BCUT2D eigenvalue weighted by atomic mass is 16.5. The third-order valence-electron chi connectivity index (χ3n) is 2.57. The number of hydrogen-bond acceptors (Lipinski definition) is 3. The van der Waals surface area contributed by atoms with E-state index in [9.17, 15) is 4.79 Å². The van der Waals surface area contributed by atoms with Crippen molar-refractivity contribution in [3.8, 4) is 11.8 Å². The Bertz CT molecular complexity index is 475. The Morgan fingerprint density at radius 1 is 1.47 bits per heavy atom. The summed E-state index contributed by atoms with van der Waals surface area (Å²) in [5, 5.41) is 11.3. The van der Waals surface area contributed by atoms with E-state index in [0.29, 0.717) is 13.0 Å². The van der Waals surface area contributed by atoms with Gasteiger partial charge < -0.3 is 10.1 Å². The standard InChI is InChI=1S/C15H20N2O2/c1-4-19-13-7-5-6-12(10-13)11-15(2,3)17-14(18)8-9-16/h5-7,10H,4,8,11H2,1-3H3,(H,17,18). The van der Waals surface area contributed by atoms with Gasteiger partial charge in [0.2, 0.25) is 5.91 Å². The summed E-state index contributed by atoms with van der Waals surface area (Å²) < 4.78 is 5.45. The lowest BCUT2D eigenvalue weighted by atomic mass is 9.94. The molecule has 0 aliphatic carbocycles. The maximum atomic E-state index is 11.5. The van der Waals surface area contributed by atoms with E-state index >= 15 is 0 Å². The summed E-state index contributed by atoms with van der Waals surface area (Å²) in [5.41, 5.74) is 0.701. The van der Waals surface area contributed by atoms with Crippen LogP contribution in [0.3, 0.4) is 0 Å². The Morgan fingerprint density at radius 2 is 2.21 bits per heavy atom. The van der Waals surface area contributed by atoms with E-state index in [1.807, 2.05) is 51.1 Å². The molecule has 0 saturated carbocycles.